The highest BCUT2D eigenvalue weighted by atomic mass is 32.1. The fourth-order valence-corrected chi connectivity index (χ4v) is 5.92. The molecule has 0 bridgehead atoms. The largest absolute Gasteiger partial charge is 0.463 e. The highest BCUT2D eigenvalue weighted by Gasteiger charge is 2.33. The number of ether oxygens (including phenoxy) is 2. The van der Waals surface area contributed by atoms with Crippen molar-refractivity contribution in [3.63, 3.8) is 0 Å². The van der Waals surface area contributed by atoms with Gasteiger partial charge >= 0.3 is 0 Å². The monoisotopic (exact) mass is 498 g/mol. The Morgan fingerprint density at radius 3 is 2.92 bits per heavy atom. The molecular weight excluding hydrogens is 476 g/mol. The zero-order valence-electron chi connectivity index (χ0n) is 19.3. The number of likely N-dealkylation sites (tertiary alicyclic amines) is 1. The van der Waals surface area contributed by atoms with Gasteiger partial charge in [-0.1, -0.05) is 12.1 Å². The minimum atomic E-state index is -0.00580. The van der Waals surface area contributed by atoms with Crippen molar-refractivity contribution in [1.29, 1.82) is 0 Å². The van der Waals surface area contributed by atoms with Crippen molar-refractivity contribution in [2.45, 2.75) is 25.4 Å². The molecule has 5 aromatic rings. The van der Waals surface area contributed by atoms with Crippen molar-refractivity contribution >= 4 is 28.3 Å². The second-order valence-electron chi connectivity index (χ2n) is 8.93. The molecule has 6 heterocycles. The molecule has 0 N–H and O–H groups in total. The molecule has 36 heavy (non-hydrogen) atoms. The average molecular weight is 499 g/mol. The van der Waals surface area contributed by atoms with Gasteiger partial charge in [-0.15, -0.1) is 11.3 Å². The number of thiophene rings is 1. The van der Waals surface area contributed by atoms with Gasteiger partial charge in [0.25, 0.3) is 5.91 Å². The Kier molecular flexibility index (Phi) is 5.02. The normalized spacial score (nSPS) is 16.8. The first kappa shape index (κ1) is 21.2. The van der Waals surface area contributed by atoms with Crippen LogP contribution >= 0.6 is 11.3 Å². The zero-order valence-corrected chi connectivity index (χ0v) is 20.1. The van der Waals surface area contributed by atoms with Crippen LogP contribution in [-0.4, -0.2) is 38.9 Å². The molecule has 2 aliphatic heterocycles. The summed E-state index contributed by atoms with van der Waals surface area (Å²) in [5.41, 5.74) is 2.83. The number of rotatable bonds is 5. The van der Waals surface area contributed by atoms with E-state index in [1.807, 2.05) is 52.0 Å². The third kappa shape index (κ3) is 3.54. The number of carbonyl (C=O) groups excluding carboxylic acids is 1. The van der Waals surface area contributed by atoms with E-state index in [2.05, 4.69) is 16.5 Å². The number of pyridine rings is 1. The number of aromatic nitrogens is 3. The summed E-state index contributed by atoms with van der Waals surface area (Å²) < 4.78 is 18.4. The average Bonchev–Trinajstić information content (AvgIpc) is 3.73. The predicted octanol–water partition coefficient (Wildman–Crippen LogP) is 5.51. The van der Waals surface area contributed by atoms with Crippen molar-refractivity contribution in [3.8, 4) is 23.0 Å². The Morgan fingerprint density at radius 2 is 2.06 bits per heavy atom. The molecule has 1 unspecified atom stereocenters. The molecule has 1 amide bonds. The summed E-state index contributed by atoms with van der Waals surface area (Å²) in [5.74, 6) is 2.06. The maximum atomic E-state index is 14.0. The van der Waals surface area contributed by atoms with Crippen LogP contribution in [0.5, 0.6) is 11.5 Å². The third-order valence-corrected chi connectivity index (χ3v) is 7.74. The molecule has 4 aromatic heterocycles. The summed E-state index contributed by atoms with van der Waals surface area (Å²) in [7, 11) is 0. The minimum absolute atomic E-state index is 0.00580. The number of furan rings is 1. The molecule has 9 heteroatoms. The first-order chi connectivity index (χ1) is 17.7. The number of hydrogen-bond donors (Lipinski definition) is 0. The van der Waals surface area contributed by atoms with E-state index in [-0.39, 0.29) is 18.7 Å². The molecule has 180 valence electrons. The van der Waals surface area contributed by atoms with E-state index in [0.29, 0.717) is 29.2 Å². The van der Waals surface area contributed by atoms with E-state index in [1.54, 1.807) is 23.8 Å². The zero-order chi connectivity index (χ0) is 24.1. The molecule has 1 saturated heterocycles. The van der Waals surface area contributed by atoms with Gasteiger partial charge in [-0.25, -0.2) is 9.67 Å². The maximum Gasteiger partial charge on any atom is 0.255 e. The topological polar surface area (TPSA) is 82.6 Å². The van der Waals surface area contributed by atoms with Gasteiger partial charge in [0.05, 0.1) is 36.0 Å². The fraction of sp³-hybridized carbons (Fsp3) is 0.222. The predicted molar refractivity (Wildman–Crippen MR) is 134 cm³/mol. The first-order valence-corrected chi connectivity index (χ1v) is 12.8. The van der Waals surface area contributed by atoms with Crippen molar-refractivity contribution < 1.29 is 18.7 Å². The Hall–Kier alpha value is -4.11. The van der Waals surface area contributed by atoms with Crippen molar-refractivity contribution in [1.82, 2.24) is 19.7 Å². The molecule has 0 saturated carbocycles. The van der Waals surface area contributed by atoms with Gasteiger partial charge in [0.1, 0.15) is 5.69 Å². The number of carbonyl (C=O) groups is 1. The fourth-order valence-electron chi connectivity index (χ4n) is 5.04. The van der Waals surface area contributed by atoms with E-state index in [4.69, 9.17) is 18.9 Å². The Balaban J connectivity index is 1.31. The number of nitrogens with zero attached hydrogens (tertiary/aromatic N) is 4. The number of fused-ring (bicyclic) bond motifs is 2. The Labute approximate surface area is 210 Å². The molecule has 0 radical (unpaired) electrons. The molecule has 1 atom stereocenters. The smallest absolute Gasteiger partial charge is 0.255 e. The van der Waals surface area contributed by atoms with Crippen LogP contribution in [0, 0.1) is 0 Å². The lowest BCUT2D eigenvalue weighted by Gasteiger charge is -2.24. The number of benzene rings is 1. The molecular formula is C27H22N4O4S. The van der Waals surface area contributed by atoms with Gasteiger partial charge in [0, 0.05) is 11.4 Å². The van der Waals surface area contributed by atoms with E-state index >= 15 is 0 Å². The summed E-state index contributed by atoms with van der Waals surface area (Å²) >= 11 is 1.70. The highest BCUT2D eigenvalue weighted by molar-refractivity contribution is 7.10. The van der Waals surface area contributed by atoms with E-state index in [1.165, 1.54) is 4.88 Å². The second kappa shape index (κ2) is 8.53. The maximum absolute atomic E-state index is 14.0. The summed E-state index contributed by atoms with van der Waals surface area (Å²) in [6.45, 7) is 1.43. The van der Waals surface area contributed by atoms with Crippen LogP contribution in [0.15, 0.2) is 70.8 Å². The van der Waals surface area contributed by atoms with Gasteiger partial charge in [-0.05, 0) is 60.2 Å². The third-order valence-electron chi connectivity index (χ3n) is 6.77. The van der Waals surface area contributed by atoms with Crippen LogP contribution in [0.1, 0.15) is 39.7 Å². The van der Waals surface area contributed by atoms with Gasteiger partial charge in [0.15, 0.2) is 22.9 Å². The quantitative estimate of drug-likeness (QED) is 0.318. The second-order valence-corrected chi connectivity index (χ2v) is 9.91. The molecule has 0 aliphatic carbocycles. The summed E-state index contributed by atoms with van der Waals surface area (Å²) in [6.07, 6.45) is 5.30. The Bertz CT molecular complexity index is 1560. The SMILES string of the molecule is O=C(c1cc(-c2ccco2)nc2c1cnn2Cc1ccc2c(c1)OCO2)N1CCCC1c1cccs1. The van der Waals surface area contributed by atoms with Crippen LogP contribution in [0.3, 0.4) is 0 Å². The molecule has 2 aliphatic rings. The number of hydrogen-bond acceptors (Lipinski definition) is 7. The summed E-state index contributed by atoms with van der Waals surface area (Å²) in [6, 6.07) is 15.6. The van der Waals surface area contributed by atoms with E-state index < -0.39 is 0 Å². The highest BCUT2D eigenvalue weighted by Crippen LogP contribution is 2.37. The van der Waals surface area contributed by atoms with Crippen LogP contribution < -0.4 is 9.47 Å². The number of amides is 1. The molecule has 0 spiro atoms. The minimum Gasteiger partial charge on any atom is -0.463 e. The van der Waals surface area contributed by atoms with Crippen LogP contribution in [0.2, 0.25) is 0 Å². The van der Waals surface area contributed by atoms with Crippen molar-refractivity contribution in [3.05, 3.63) is 82.4 Å². The lowest BCUT2D eigenvalue weighted by molar-refractivity contribution is 0.0740. The summed E-state index contributed by atoms with van der Waals surface area (Å²) in [4.78, 5) is 22.1. The molecule has 1 fully saturated rings. The van der Waals surface area contributed by atoms with Crippen LogP contribution in [0.25, 0.3) is 22.5 Å². The standard InChI is InChI=1S/C27H22N4O4S/c32-27(30-9-1-4-21(30)25-6-3-11-36-25)18-13-20(22-5-2-10-33-22)29-26-19(18)14-28-31(26)15-17-7-8-23-24(12-17)35-16-34-23/h2-3,5-8,10-14,21H,1,4,9,15-16H2. The molecule has 8 nitrogen and oxygen atoms in total. The Morgan fingerprint density at radius 1 is 1.11 bits per heavy atom. The lowest BCUT2D eigenvalue weighted by Crippen LogP contribution is -2.30. The van der Waals surface area contributed by atoms with Crippen LogP contribution in [-0.2, 0) is 6.54 Å². The van der Waals surface area contributed by atoms with Gasteiger partial charge < -0.3 is 18.8 Å². The summed E-state index contributed by atoms with van der Waals surface area (Å²) in [5, 5.41) is 7.42. The van der Waals surface area contributed by atoms with E-state index in [9.17, 15) is 4.79 Å². The lowest BCUT2D eigenvalue weighted by atomic mass is 10.1. The van der Waals surface area contributed by atoms with Crippen LogP contribution in [0.4, 0.5) is 0 Å². The van der Waals surface area contributed by atoms with Crippen molar-refractivity contribution in [2.75, 3.05) is 13.3 Å². The van der Waals surface area contributed by atoms with Gasteiger partial charge in [-0.3, -0.25) is 4.79 Å². The molecule has 7 rings (SSSR count). The van der Waals surface area contributed by atoms with E-state index in [0.717, 1.165) is 41.8 Å². The van der Waals surface area contributed by atoms with Crippen molar-refractivity contribution in [2.24, 2.45) is 0 Å². The van der Waals surface area contributed by atoms with Gasteiger partial charge in [-0.2, -0.15) is 5.10 Å². The van der Waals surface area contributed by atoms with Gasteiger partial charge in [0.2, 0.25) is 6.79 Å². The first-order valence-electron chi connectivity index (χ1n) is 11.9. The molecule has 1 aromatic carbocycles.